The first-order valence-electron chi connectivity index (χ1n) is 9.85. The predicted molar refractivity (Wildman–Crippen MR) is 126 cm³/mol. The lowest BCUT2D eigenvalue weighted by Crippen LogP contribution is -2.22. The zero-order chi connectivity index (χ0) is 23.2. The summed E-state index contributed by atoms with van der Waals surface area (Å²) in [4.78, 5) is 17.7. The highest BCUT2D eigenvalue weighted by molar-refractivity contribution is 7.89. The Labute approximate surface area is 190 Å². The molecule has 2 aromatic heterocycles. The topological polar surface area (TPSA) is 97.2 Å². The fourth-order valence-electron chi connectivity index (χ4n) is 3.36. The zero-order valence-electron chi connectivity index (χ0n) is 18.4. The maximum absolute atomic E-state index is 12.8. The Morgan fingerprint density at radius 2 is 1.75 bits per heavy atom. The van der Waals surface area contributed by atoms with Gasteiger partial charge in [-0.25, -0.2) is 17.7 Å². The first-order chi connectivity index (χ1) is 15.1. The summed E-state index contributed by atoms with van der Waals surface area (Å²) < 4.78 is 28.3. The molecule has 2 aromatic carbocycles. The average Bonchev–Trinajstić information content (AvgIpc) is 3.31. The lowest BCUT2D eigenvalue weighted by atomic mass is 10.1. The monoisotopic (exact) mass is 469 g/mol. The Hall–Kier alpha value is -3.08. The molecule has 0 radical (unpaired) electrons. The number of aryl methyl sites for hydroxylation is 3. The lowest BCUT2D eigenvalue weighted by Gasteiger charge is -2.11. The molecule has 10 heteroatoms. The van der Waals surface area contributed by atoms with Crippen LogP contribution in [-0.4, -0.2) is 47.5 Å². The minimum absolute atomic E-state index is 0.125. The molecule has 0 spiro atoms. The van der Waals surface area contributed by atoms with Crippen molar-refractivity contribution in [2.75, 3.05) is 19.4 Å². The average molecular weight is 470 g/mol. The van der Waals surface area contributed by atoms with E-state index in [2.05, 4.69) is 22.5 Å². The third-order valence-electron chi connectivity index (χ3n) is 4.97. The van der Waals surface area contributed by atoms with Gasteiger partial charge in [-0.05, 0) is 62.2 Å². The number of aromatic nitrogens is 3. The number of carbonyl (C=O) groups is 1. The molecule has 0 saturated carbocycles. The summed E-state index contributed by atoms with van der Waals surface area (Å²) in [5.74, 6) is 0.124. The Bertz CT molecular complexity index is 1430. The van der Waals surface area contributed by atoms with Crippen molar-refractivity contribution in [3.05, 3.63) is 64.8 Å². The fraction of sp³-hybridized carbons (Fsp3) is 0.227. The molecule has 8 nitrogen and oxygen atoms in total. The van der Waals surface area contributed by atoms with Crippen LogP contribution in [0.25, 0.3) is 15.3 Å². The zero-order valence-corrected chi connectivity index (χ0v) is 20.0. The summed E-state index contributed by atoms with van der Waals surface area (Å²) in [5, 5.41) is 8.03. The number of hydrogen-bond donors (Lipinski definition) is 1. The molecule has 32 heavy (non-hydrogen) atoms. The van der Waals surface area contributed by atoms with Gasteiger partial charge in [-0.1, -0.05) is 17.4 Å². The van der Waals surface area contributed by atoms with E-state index >= 15 is 0 Å². The number of thiazole rings is 1. The highest BCUT2D eigenvalue weighted by Gasteiger charge is 2.19. The number of sulfonamides is 1. The number of anilines is 1. The first kappa shape index (κ1) is 22.1. The van der Waals surface area contributed by atoms with Crippen LogP contribution in [0, 0.1) is 20.8 Å². The molecule has 4 rings (SSSR count). The van der Waals surface area contributed by atoms with Crippen LogP contribution in [0.2, 0.25) is 0 Å². The maximum atomic E-state index is 12.8. The van der Waals surface area contributed by atoms with Crippen LogP contribution in [0.15, 0.2) is 47.4 Å². The SMILES string of the molecule is Cc1cc(C)c2nc(-n3nc(C)cc3NC(=O)c3ccc(S(=O)(=O)N(C)C)cc3)sc2c1. The van der Waals surface area contributed by atoms with Gasteiger partial charge in [0.05, 0.1) is 20.8 Å². The minimum atomic E-state index is -3.56. The van der Waals surface area contributed by atoms with Gasteiger partial charge in [0.25, 0.3) is 5.91 Å². The van der Waals surface area contributed by atoms with Crippen LogP contribution >= 0.6 is 11.3 Å². The van der Waals surface area contributed by atoms with Crippen LogP contribution in [0.1, 0.15) is 27.2 Å². The number of amides is 1. The van der Waals surface area contributed by atoms with E-state index in [0.29, 0.717) is 16.5 Å². The molecule has 0 aliphatic rings. The number of hydrogen-bond acceptors (Lipinski definition) is 6. The highest BCUT2D eigenvalue weighted by atomic mass is 32.2. The van der Waals surface area contributed by atoms with E-state index in [1.54, 1.807) is 10.7 Å². The van der Waals surface area contributed by atoms with Crippen molar-refractivity contribution in [3.63, 3.8) is 0 Å². The van der Waals surface area contributed by atoms with Crippen molar-refractivity contribution in [2.45, 2.75) is 25.7 Å². The van der Waals surface area contributed by atoms with E-state index in [1.807, 2.05) is 20.8 Å². The number of rotatable bonds is 5. The molecule has 0 aliphatic heterocycles. The number of nitrogens with one attached hydrogen (secondary N) is 1. The van der Waals surface area contributed by atoms with Gasteiger partial charge in [0, 0.05) is 25.7 Å². The molecule has 166 valence electrons. The van der Waals surface area contributed by atoms with Gasteiger partial charge >= 0.3 is 0 Å². The van der Waals surface area contributed by atoms with Gasteiger partial charge < -0.3 is 5.32 Å². The fourth-order valence-corrected chi connectivity index (χ4v) is 5.37. The standard InChI is InChI=1S/C22H23N5O3S2/c1-13-10-14(2)20-18(11-13)31-22(24-20)27-19(12-15(3)25-27)23-21(28)16-6-8-17(9-7-16)32(29,30)26(4)5/h6-12H,1-5H3,(H,23,28). The second-order valence-corrected chi connectivity index (χ2v) is 10.9. The van der Waals surface area contributed by atoms with E-state index in [9.17, 15) is 13.2 Å². The van der Waals surface area contributed by atoms with Crippen LogP contribution in [0.4, 0.5) is 5.82 Å². The van der Waals surface area contributed by atoms with Gasteiger partial charge in [0.2, 0.25) is 15.2 Å². The molecular formula is C22H23N5O3S2. The minimum Gasteiger partial charge on any atom is -0.306 e. The van der Waals surface area contributed by atoms with E-state index in [-0.39, 0.29) is 10.8 Å². The number of benzene rings is 2. The first-order valence-corrected chi connectivity index (χ1v) is 12.1. The molecule has 0 saturated heterocycles. The number of carbonyl (C=O) groups excluding carboxylic acids is 1. The lowest BCUT2D eigenvalue weighted by molar-refractivity contribution is 0.102. The summed E-state index contributed by atoms with van der Waals surface area (Å²) in [6, 6.07) is 11.8. The number of nitrogens with zero attached hydrogens (tertiary/aromatic N) is 4. The maximum Gasteiger partial charge on any atom is 0.256 e. The van der Waals surface area contributed by atoms with Gasteiger partial charge in [0.1, 0.15) is 5.82 Å². The van der Waals surface area contributed by atoms with E-state index in [0.717, 1.165) is 31.3 Å². The van der Waals surface area contributed by atoms with Crippen molar-refractivity contribution >= 4 is 43.3 Å². The normalized spacial score (nSPS) is 11.9. The van der Waals surface area contributed by atoms with Crippen LogP contribution < -0.4 is 5.32 Å². The summed E-state index contributed by atoms with van der Waals surface area (Å²) in [6.45, 7) is 5.91. The van der Waals surface area contributed by atoms with Crippen molar-refractivity contribution < 1.29 is 13.2 Å². The van der Waals surface area contributed by atoms with Gasteiger partial charge in [-0.2, -0.15) is 9.78 Å². The highest BCUT2D eigenvalue weighted by Crippen LogP contribution is 2.30. The summed E-state index contributed by atoms with van der Waals surface area (Å²) >= 11 is 1.50. The van der Waals surface area contributed by atoms with Crippen LogP contribution in [-0.2, 0) is 10.0 Å². The third kappa shape index (κ3) is 4.04. The molecule has 1 N–H and O–H groups in total. The van der Waals surface area contributed by atoms with Crippen molar-refractivity contribution in [1.82, 2.24) is 19.1 Å². The van der Waals surface area contributed by atoms with E-state index < -0.39 is 10.0 Å². The van der Waals surface area contributed by atoms with Gasteiger partial charge in [0.15, 0.2) is 0 Å². The number of fused-ring (bicyclic) bond motifs is 1. The molecule has 0 fully saturated rings. The molecular weight excluding hydrogens is 446 g/mol. The summed E-state index contributed by atoms with van der Waals surface area (Å²) in [5.41, 5.74) is 4.24. The van der Waals surface area contributed by atoms with Crippen molar-refractivity contribution in [3.8, 4) is 5.13 Å². The summed E-state index contributed by atoms with van der Waals surface area (Å²) in [7, 11) is -0.631. The van der Waals surface area contributed by atoms with E-state index in [1.165, 1.54) is 49.7 Å². The Morgan fingerprint density at radius 1 is 1.06 bits per heavy atom. The Kier molecular flexibility index (Phi) is 5.61. The van der Waals surface area contributed by atoms with Crippen LogP contribution in [0.5, 0.6) is 0 Å². The molecule has 4 aromatic rings. The third-order valence-corrected chi connectivity index (χ3v) is 7.78. The van der Waals surface area contributed by atoms with Crippen molar-refractivity contribution in [1.29, 1.82) is 0 Å². The largest absolute Gasteiger partial charge is 0.306 e. The Morgan fingerprint density at radius 3 is 2.41 bits per heavy atom. The molecule has 0 unspecified atom stereocenters. The molecule has 0 aliphatic carbocycles. The molecule has 2 heterocycles. The van der Waals surface area contributed by atoms with Crippen LogP contribution in [0.3, 0.4) is 0 Å². The second kappa shape index (κ2) is 8.12. The van der Waals surface area contributed by atoms with Crippen molar-refractivity contribution in [2.24, 2.45) is 0 Å². The predicted octanol–water partition coefficient (Wildman–Crippen LogP) is 3.91. The Balaban J connectivity index is 1.64. The second-order valence-electron chi connectivity index (χ2n) is 7.77. The molecule has 1 amide bonds. The van der Waals surface area contributed by atoms with E-state index in [4.69, 9.17) is 4.98 Å². The molecule has 0 bridgehead atoms. The molecule has 0 atom stereocenters. The summed E-state index contributed by atoms with van der Waals surface area (Å²) in [6.07, 6.45) is 0. The van der Waals surface area contributed by atoms with Gasteiger partial charge in [-0.15, -0.1) is 0 Å². The smallest absolute Gasteiger partial charge is 0.256 e. The van der Waals surface area contributed by atoms with Gasteiger partial charge in [-0.3, -0.25) is 4.79 Å². The quantitative estimate of drug-likeness (QED) is 0.478.